The first-order chi connectivity index (χ1) is 25.3. The van der Waals surface area contributed by atoms with Crippen molar-refractivity contribution in [2.75, 3.05) is 4.90 Å². The van der Waals surface area contributed by atoms with Crippen molar-refractivity contribution in [2.24, 2.45) is 0 Å². The normalized spacial score (nSPS) is 11.5. The number of nitrogens with zero attached hydrogens (tertiary/aromatic N) is 3. The van der Waals surface area contributed by atoms with Crippen molar-refractivity contribution in [3.05, 3.63) is 188 Å². The summed E-state index contributed by atoms with van der Waals surface area (Å²) in [6, 6.07) is 66.3. The maximum Gasteiger partial charge on any atom is 0.227 e. The Hall–Kier alpha value is -6.91. The van der Waals surface area contributed by atoms with E-state index in [1.54, 1.807) is 0 Å². The zero-order chi connectivity index (χ0) is 33.7. The lowest BCUT2D eigenvalue weighted by atomic mass is 10.00. The molecule has 0 N–H and O–H groups in total. The summed E-state index contributed by atoms with van der Waals surface area (Å²) >= 11 is 0. The number of hydrogen-bond acceptors (Lipinski definition) is 3. The van der Waals surface area contributed by atoms with Gasteiger partial charge in [0, 0.05) is 44.5 Å². The molecule has 10 rings (SSSR count). The second-order valence-corrected chi connectivity index (χ2v) is 12.8. The van der Waals surface area contributed by atoms with Crippen LogP contribution in [0.15, 0.2) is 192 Å². The van der Waals surface area contributed by atoms with Crippen LogP contribution in [-0.4, -0.2) is 9.55 Å². The van der Waals surface area contributed by atoms with E-state index in [0.29, 0.717) is 5.89 Å². The summed E-state index contributed by atoms with van der Waals surface area (Å²) in [4.78, 5) is 7.27. The molecule has 0 fully saturated rings. The fraction of sp³-hybridized carbons (Fsp3) is 0. The molecular formula is C47H31N3O. The van der Waals surface area contributed by atoms with E-state index >= 15 is 0 Å². The molecule has 0 spiro atoms. The second-order valence-electron chi connectivity index (χ2n) is 12.8. The Labute approximate surface area is 295 Å². The molecular weight excluding hydrogens is 623 g/mol. The van der Waals surface area contributed by atoms with Gasteiger partial charge >= 0.3 is 0 Å². The predicted octanol–water partition coefficient (Wildman–Crippen LogP) is 12.9. The van der Waals surface area contributed by atoms with Crippen LogP contribution in [0.5, 0.6) is 0 Å². The Morgan fingerprint density at radius 3 is 1.86 bits per heavy atom. The highest BCUT2D eigenvalue weighted by atomic mass is 16.3. The molecule has 0 amide bonds. The summed E-state index contributed by atoms with van der Waals surface area (Å²) in [7, 11) is 0. The van der Waals surface area contributed by atoms with Crippen LogP contribution < -0.4 is 4.90 Å². The molecule has 4 heteroatoms. The van der Waals surface area contributed by atoms with Crippen molar-refractivity contribution in [3.63, 3.8) is 0 Å². The maximum absolute atomic E-state index is 6.19. The average Bonchev–Trinajstić information content (AvgIpc) is 3.79. The smallest absolute Gasteiger partial charge is 0.227 e. The molecule has 8 aromatic carbocycles. The first-order valence-corrected chi connectivity index (χ1v) is 17.2. The van der Waals surface area contributed by atoms with E-state index in [9.17, 15) is 0 Å². The largest absolute Gasteiger partial charge is 0.436 e. The van der Waals surface area contributed by atoms with Crippen molar-refractivity contribution in [1.29, 1.82) is 0 Å². The van der Waals surface area contributed by atoms with Crippen LogP contribution in [0.2, 0.25) is 0 Å². The Kier molecular flexibility index (Phi) is 6.78. The Balaban J connectivity index is 1.08. The number of hydrogen-bond donors (Lipinski definition) is 0. The fourth-order valence-corrected chi connectivity index (χ4v) is 7.37. The number of benzene rings is 8. The standard InChI is InChI=1S/C47H31N3O/c1-4-12-34(13-5-1)47-48-46-42-30-35(21-20-33(42)24-29-45(46)51-47)32-22-25-38(26-23-32)49(36-14-6-2-7-15-36)39-27-28-41-40-18-10-11-19-43(40)50(44(41)31-39)37-16-8-3-9-17-37/h1-31H. The molecule has 4 nitrogen and oxygen atoms in total. The van der Waals surface area contributed by atoms with Gasteiger partial charge in [0.15, 0.2) is 5.58 Å². The lowest BCUT2D eigenvalue weighted by Gasteiger charge is -2.26. The summed E-state index contributed by atoms with van der Waals surface area (Å²) in [5, 5.41) is 4.69. The highest BCUT2D eigenvalue weighted by molar-refractivity contribution is 6.10. The fourth-order valence-electron chi connectivity index (χ4n) is 7.37. The highest BCUT2D eigenvalue weighted by Crippen LogP contribution is 2.40. The third-order valence-corrected chi connectivity index (χ3v) is 9.80. The summed E-state index contributed by atoms with van der Waals surface area (Å²) in [5.74, 6) is 0.635. The molecule has 0 aliphatic rings. The monoisotopic (exact) mass is 653 g/mol. The van der Waals surface area contributed by atoms with E-state index in [1.165, 1.54) is 21.8 Å². The van der Waals surface area contributed by atoms with E-state index in [4.69, 9.17) is 9.40 Å². The van der Waals surface area contributed by atoms with Gasteiger partial charge in [-0.2, -0.15) is 0 Å². The lowest BCUT2D eigenvalue weighted by molar-refractivity contribution is 0.620. The van der Waals surface area contributed by atoms with Crippen LogP contribution in [0.4, 0.5) is 17.1 Å². The highest BCUT2D eigenvalue weighted by Gasteiger charge is 2.18. The van der Waals surface area contributed by atoms with Crippen molar-refractivity contribution in [1.82, 2.24) is 9.55 Å². The van der Waals surface area contributed by atoms with Gasteiger partial charge in [-0.1, -0.05) is 109 Å². The summed E-state index contributed by atoms with van der Waals surface area (Å²) in [6.45, 7) is 0. The number of rotatable bonds is 6. The molecule has 2 heterocycles. The van der Waals surface area contributed by atoms with Gasteiger partial charge in [0.25, 0.3) is 0 Å². The predicted molar refractivity (Wildman–Crippen MR) is 211 cm³/mol. The zero-order valence-corrected chi connectivity index (χ0v) is 27.6. The van der Waals surface area contributed by atoms with Gasteiger partial charge in [0.1, 0.15) is 5.52 Å². The van der Waals surface area contributed by atoms with Crippen LogP contribution in [0.1, 0.15) is 0 Å². The maximum atomic E-state index is 6.19. The third kappa shape index (κ3) is 4.96. The van der Waals surface area contributed by atoms with Gasteiger partial charge in [0.05, 0.1) is 11.0 Å². The van der Waals surface area contributed by atoms with E-state index in [-0.39, 0.29) is 0 Å². The van der Waals surface area contributed by atoms with Crippen LogP contribution in [0, 0.1) is 0 Å². The molecule has 10 aromatic rings. The number of fused-ring (bicyclic) bond motifs is 6. The van der Waals surface area contributed by atoms with Crippen LogP contribution in [0.25, 0.3) is 71.9 Å². The van der Waals surface area contributed by atoms with Gasteiger partial charge in [-0.05, 0) is 95.4 Å². The molecule has 0 saturated carbocycles. The van der Waals surface area contributed by atoms with Crippen molar-refractivity contribution in [3.8, 4) is 28.3 Å². The first kappa shape index (κ1) is 29.0. The minimum Gasteiger partial charge on any atom is -0.436 e. The first-order valence-electron chi connectivity index (χ1n) is 17.2. The van der Waals surface area contributed by atoms with Crippen LogP contribution >= 0.6 is 0 Å². The number of anilines is 3. The second kappa shape index (κ2) is 11.9. The number of aromatic nitrogens is 2. The molecule has 0 radical (unpaired) electrons. The molecule has 0 saturated heterocycles. The van der Waals surface area contributed by atoms with E-state index in [2.05, 4.69) is 161 Å². The summed E-state index contributed by atoms with van der Waals surface area (Å²) < 4.78 is 8.56. The average molecular weight is 654 g/mol. The Morgan fingerprint density at radius 2 is 1.06 bits per heavy atom. The minimum atomic E-state index is 0.635. The zero-order valence-electron chi connectivity index (χ0n) is 27.6. The molecule has 0 aliphatic carbocycles. The number of para-hydroxylation sites is 3. The van der Waals surface area contributed by atoms with Crippen molar-refractivity contribution < 1.29 is 4.42 Å². The van der Waals surface area contributed by atoms with Crippen molar-refractivity contribution >= 4 is 60.7 Å². The van der Waals surface area contributed by atoms with Gasteiger partial charge in [-0.15, -0.1) is 0 Å². The summed E-state index contributed by atoms with van der Waals surface area (Å²) in [5.41, 5.74) is 11.7. The van der Waals surface area contributed by atoms with E-state index in [1.807, 2.05) is 36.4 Å². The Bertz CT molecular complexity index is 2840. The van der Waals surface area contributed by atoms with Gasteiger partial charge < -0.3 is 13.9 Å². The van der Waals surface area contributed by atoms with Gasteiger partial charge in [-0.3, -0.25) is 0 Å². The Morgan fingerprint density at radius 1 is 0.431 bits per heavy atom. The topological polar surface area (TPSA) is 34.2 Å². The van der Waals surface area contributed by atoms with Gasteiger partial charge in [-0.25, -0.2) is 4.98 Å². The molecule has 240 valence electrons. The molecule has 0 bridgehead atoms. The molecule has 0 unspecified atom stereocenters. The molecule has 51 heavy (non-hydrogen) atoms. The number of oxazole rings is 1. The van der Waals surface area contributed by atoms with Gasteiger partial charge in [0.2, 0.25) is 5.89 Å². The minimum absolute atomic E-state index is 0.635. The molecule has 0 atom stereocenters. The van der Waals surface area contributed by atoms with E-state index < -0.39 is 0 Å². The van der Waals surface area contributed by atoms with Crippen molar-refractivity contribution in [2.45, 2.75) is 0 Å². The molecule has 2 aromatic heterocycles. The van der Waals surface area contributed by atoms with Crippen LogP contribution in [0.3, 0.4) is 0 Å². The summed E-state index contributed by atoms with van der Waals surface area (Å²) in [6.07, 6.45) is 0. The SMILES string of the molecule is c1ccc(-c2nc3c(ccc4ccc(-c5ccc(N(c6ccccc6)c6ccc7c8ccccc8n(-c8ccccc8)c7c6)cc5)cc43)o2)cc1. The lowest BCUT2D eigenvalue weighted by Crippen LogP contribution is -2.10. The van der Waals surface area contributed by atoms with Crippen LogP contribution in [-0.2, 0) is 0 Å². The van der Waals surface area contributed by atoms with E-state index in [0.717, 1.165) is 61.3 Å². The third-order valence-electron chi connectivity index (χ3n) is 9.80. The quantitative estimate of drug-likeness (QED) is 0.179. The molecule has 0 aliphatic heterocycles.